The van der Waals surface area contributed by atoms with Gasteiger partial charge in [-0.05, 0) is 11.8 Å². The van der Waals surface area contributed by atoms with Crippen molar-refractivity contribution in [2.75, 3.05) is 0 Å². The smallest absolute Gasteiger partial charge is 0.231 e. The third-order valence-corrected chi connectivity index (χ3v) is 5.12. The lowest BCUT2D eigenvalue weighted by atomic mass is 10.1. The van der Waals surface area contributed by atoms with Gasteiger partial charge in [-0.15, -0.1) is 0 Å². The zero-order valence-corrected chi connectivity index (χ0v) is 12.1. The molecule has 98 valence electrons. The molecule has 1 fully saturated rings. The van der Waals surface area contributed by atoms with Gasteiger partial charge in [0.05, 0.1) is 23.7 Å². The summed E-state index contributed by atoms with van der Waals surface area (Å²) < 4.78 is 5.30. The number of nitrogens with zero attached hydrogens (tertiary/aromatic N) is 3. The molecule has 18 heavy (non-hydrogen) atoms. The van der Waals surface area contributed by atoms with Crippen molar-refractivity contribution in [3.05, 3.63) is 11.7 Å². The van der Waals surface area contributed by atoms with E-state index in [9.17, 15) is 0 Å². The molecule has 5 heteroatoms. The summed E-state index contributed by atoms with van der Waals surface area (Å²) in [6, 6.07) is 2.31. The summed E-state index contributed by atoms with van der Waals surface area (Å²) in [6.07, 6.45) is 1.14. The molecule has 0 spiro atoms. The van der Waals surface area contributed by atoms with Crippen LogP contribution in [0.5, 0.6) is 0 Å². The summed E-state index contributed by atoms with van der Waals surface area (Å²) in [6.45, 7) is 8.51. The molecule has 1 aromatic rings. The first-order valence-electron chi connectivity index (χ1n) is 6.34. The van der Waals surface area contributed by atoms with E-state index in [2.05, 4.69) is 43.9 Å². The fourth-order valence-corrected chi connectivity index (χ4v) is 2.91. The molecule has 3 unspecified atom stereocenters. The van der Waals surface area contributed by atoms with Crippen LogP contribution in [0.15, 0.2) is 4.52 Å². The van der Waals surface area contributed by atoms with Crippen LogP contribution in [0.3, 0.4) is 0 Å². The lowest BCUT2D eigenvalue weighted by Crippen LogP contribution is -1.95. The highest BCUT2D eigenvalue weighted by Crippen LogP contribution is 2.63. The number of rotatable bonds is 5. The number of nitriles is 1. The van der Waals surface area contributed by atoms with Gasteiger partial charge < -0.3 is 4.52 Å². The summed E-state index contributed by atoms with van der Waals surface area (Å²) >= 11 is 1.83. The summed E-state index contributed by atoms with van der Waals surface area (Å²) in [5.74, 6) is 2.27. The quantitative estimate of drug-likeness (QED) is 0.816. The van der Waals surface area contributed by atoms with Crippen molar-refractivity contribution in [3.63, 3.8) is 0 Å². The molecule has 1 aliphatic rings. The molecule has 4 nitrogen and oxygen atoms in total. The highest BCUT2D eigenvalue weighted by molar-refractivity contribution is 7.99. The van der Waals surface area contributed by atoms with E-state index >= 15 is 0 Å². The van der Waals surface area contributed by atoms with Gasteiger partial charge in [0.25, 0.3) is 0 Å². The minimum atomic E-state index is -0.0254. The topological polar surface area (TPSA) is 62.7 Å². The van der Waals surface area contributed by atoms with Gasteiger partial charge in [0.1, 0.15) is 0 Å². The Morgan fingerprint density at radius 2 is 2.28 bits per heavy atom. The van der Waals surface area contributed by atoms with Gasteiger partial charge in [0.2, 0.25) is 5.89 Å². The molecule has 0 aromatic carbocycles. The van der Waals surface area contributed by atoms with Crippen LogP contribution in [-0.4, -0.2) is 15.4 Å². The number of hydrogen-bond acceptors (Lipinski definition) is 5. The van der Waals surface area contributed by atoms with Crippen LogP contribution in [0, 0.1) is 22.7 Å². The maximum Gasteiger partial charge on any atom is 0.231 e. The normalized spacial score (nSPS) is 26.6. The molecule has 0 N–H and O–H groups in total. The van der Waals surface area contributed by atoms with Crippen molar-refractivity contribution in [1.82, 2.24) is 10.1 Å². The molecule has 2 rings (SSSR count). The van der Waals surface area contributed by atoms with Crippen LogP contribution in [0.25, 0.3) is 0 Å². The van der Waals surface area contributed by atoms with Crippen molar-refractivity contribution >= 4 is 11.8 Å². The maximum atomic E-state index is 9.04. The Balaban J connectivity index is 1.98. The first-order chi connectivity index (χ1) is 8.50. The molecule has 0 bridgehead atoms. The van der Waals surface area contributed by atoms with Gasteiger partial charge in [0.15, 0.2) is 5.82 Å². The molecule has 1 aromatic heterocycles. The van der Waals surface area contributed by atoms with Gasteiger partial charge in [-0.3, -0.25) is 0 Å². The average molecular weight is 265 g/mol. The molecule has 0 aliphatic heterocycles. The van der Waals surface area contributed by atoms with Gasteiger partial charge in [-0.2, -0.15) is 22.0 Å². The number of thioether (sulfide) groups is 1. The lowest BCUT2D eigenvalue weighted by Gasteiger charge is -2.04. The minimum absolute atomic E-state index is 0.00742. The van der Waals surface area contributed by atoms with E-state index in [1.54, 1.807) is 0 Å². The van der Waals surface area contributed by atoms with E-state index in [-0.39, 0.29) is 17.3 Å². The molecular formula is C13H19N3OS. The SMILES string of the molecule is CCC(C)SCc1noc(C2C(C#N)C2(C)C)n1. The zero-order valence-electron chi connectivity index (χ0n) is 11.3. The predicted molar refractivity (Wildman–Crippen MR) is 71.0 cm³/mol. The Labute approximate surface area is 112 Å². The zero-order chi connectivity index (χ0) is 13.3. The van der Waals surface area contributed by atoms with Crippen LogP contribution in [0.1, 0.15) is 51.7 Å². The lowest BCUT2D eigenvalue weighted by molar-refractivity contribution is 0.364. The van der Waals surface area contributed by atoms with Crippen LogP contribution in [0.2, 0.25) is 0 Å². The highest BCUT2D eigenvalue weighted by atomic mass is 32.2. The molecule has 1 aliphatic carbocycles. The van der Waals surface area contributed by atoms with Crippen molar-refractivity contribution < 1.29 is 4.52 Å². The van der Waals surface area contributed by atoms with E-state index in [0.717, 1.165) is 18.0 Å². The fourth-order valence-electron chi connectivity index (χ4n) is 2.13. The number of hydrogen-bond donors (Lipinski definition) is 0. The third-order valence-electron chi connectivity index (χ3n) is 3.79. The first-order valence-corrected chi connectivity index (χ1v) is 7.39. The van der Waals surface area contributed by atoms with Crippen molar-refractivity contribution in [2.24, 2.45) is 11.3 Å². The largest absolute Gasteiger partial charge is 0.339 e. The molecular weight excluding hydrogens is 246 g/mol. The first kappa shape index (κ1) is 13.4. The van der Waals surface area contributed by atoms with Gasteiger partial charge in [-0.1, -0.05) is 32.9 Å². The predicted octanol–water partition coefficient (Wildman–Crippen LogP) is 3.36. The van der Waals surface area contributed by atoms with Gasteiger partial charge >= 0.3 is 0 Å². The summed E-state index contributed by atoms with van der Waals surface area (Å²) in [5, 5.41) is 13.7. The molecule has 0 amide bonds. The van der Waals surface area contributed by atoms with Crippen LogP contribution in [0.4, 0.5) is 0 Å². The van der Waals surface area contributed by atoms with E-state index in [0.29, 0.717) is 11.1 Å². The third kappa shape index (κ3) is 2.39. The maximum absolute atomic E-state index is 9.04. The Morgan fingerprint density at radius 3 is 2.83 bits per heavy atom. The van der Waals surface area contributed by atoms with E-state index in [4.69, 9.17) is 9.78 Å². The molecule has 3 atom stereocenters. The second-order valence-electron chi connectivity index (χ2n) is 5.48. The Morgan fingerprint density at radius 1 is 1.56 bits per heavy atom. The molecule has 0 radical (unpaired) electrons. The second-order valence-corrected chi connectivity index (χ2v) is 6.91. The highest BCUT2D eigenvalue weighted by Gasteiger charge is 2.62. The summed E-state index contributed by atoms with van der Waals surface area (Å²) in [5.41, 5.74) is -0.0254. The van der Waals surface area contributed by atoms with Crippen molar-refractivity contribution in [2.45, 2.75) is 51.0 Å². The molecule has 1 saturated carbocycles. The van der Waals surface area contributed by atoms with E-state index in [1.165, 1.54) is 0 Å². The van der Waals surface area contributed by atoms with E-state index in [1.807, 2.05) is 11.8 Å². The Hall–Kier alpha value is -1.02. The average Bonchev–Trinajstić information content (AvgIpc) is 2.72. The Bertz CT molecular complexity index is 463. The Kier molecular flexibility index (Phi) is 3.67. The standard InChI is InChI=1S/C13H19N3OS/c1-5-8(2)18-7-10-15-12(17-16-10)11-9(6-14)13(11,3)4/h8-9,11H,5,7H2,1-4H3. The summed E-state index contributed by atoms with van der Waals surface area (Å²) in [4.78, 5) is 4.42. The summed E-state index contributed by atoms with van der Waals surface area (Å²) in [7, 11) is 0. The molecule has 0 saturated heterocycles. The monoisotopic (exact) mass is 265 g/mol. The minimum Gasteiger partial charge on any atom is -0.339 e. The van der Waals surface area contributed by atoms with Crippen LogP contribution >= 0.6 is 11.8 Å². The van der Waals surface area contributed by atoms with Crippen molar-refractivity contribution in [3.8, 4) is 6.07 Å². The molecule has 1 heterocycles. The fraction of sp³-hybridized carbons (Fsp3) is 0.769. The van der Waals surface area contributed by atoms with Crippen LogP contribution in [-0.2, 0) is 5.75 Å². The second kappa shape index (κ2) is 4.93. The van der Waals surface area contributed by atoms with Gasteiger partial charge in [-0.25, -0.2) is 0 Å². The van der Waals surface area contributed by atoms with Crippen LogP contribution < -0.4 is 0 Å². The number of aromatic nitrogens is 2. The van der Waals surface area contributed by atoms with E-state index < -0.39 is 0 Å². The van der Waals surface area contributed by atoms with Crippen molar-refractivity contribution in [1.29, 1.82) is 5.26 Å². The van der Waals surface area contributed by atoms with Gasteiger partial charge in [0, 0.05) is 5.25 Å².